The van der Waals surface area contributed by atoms with Crippen LogP contribution in [-0.2, 0) is 11.3 Å². The van der Waals surface area contributed by atoms with Crippen LogP contribution in [0.2, 0.25) is 0 Å². The predicted molar refractivity (Wildman–Crippen MR) is 82.0 cm³/mol. The van der Waals surface area contributed by atoms with E-state index < -0.39 is 0 Å². The molecule has 0 radical (unpaired) electrons. The fraction of sp³-hybridized carbons (Fsp3) is 0.375. The van der Waals surface area contributed by atoms with Crippen molar-refractivity contribution < 1.29 is 4.79 Å². The topological polar surface area (TPSA) is 59.0 Å². The Morgan fingerprint density at radius 3 is 3.14 bits per heavy atom. The molecule has 5 nitrogen and oxygen atoms in total. The van der Waals surface area contributed by atoms with Crippen LogP contribution in [-0.4, -0.2) is 28.8 Å². The molecule has 1 atom stereocenters. The van der Waals surface area contributed by atoms with Gasteiger partial charge in [0.25, 0.3) is 0 Å². The lowest BCUT2D eigenvalue weighted by atomic mass is 10.0. The highest BCUT2D eigenvalue weighted by Gasteiger charge is 2.17. The molecule has 1 fully saturated rings. The Bertz CT molecular complexity index is 588. The molecule has 110 valence electrons. The fourth-order valence-electron chi connectivity index (χ4n) is 2.69. The molecule has 2 heterocycles. The number of nitrogens with one attached hydrogen (secondary N) is 2. The van der Waals surface area contributed by atoms with Crippen LogP contribution in [0.15, 0.2) is 42.7 Å². The molecule has 0 saturated carbocycles. The average molecular weight is 284 g/mol. The molecule has 1 aliphatic heterocycles. The first-order valence-electron chi connectivity index (χ1n) is 7.36. The van der Waals surface area contributed by atoms with Gasteiger partial charge in [0, 0.05) is 24.5 Å². The molecule has 1 aliphatic rings. The number of benzene rings is 1. The highest BCUT2D eigenvalue weighted by atomic mass is 16.1. The molecule has 1 saturated heterocycles. The standard InChI is InChI=1S/C16H20N4O/c21-16(10-13-5-7-17-11-13)19-15-4-1-3-14(9-15)12-20-8-2-6-18-20/h1-4,6,8-9,13,17H,5,7,10-12H2,(H,19,21). The van der Waals surface area contributed by atoms with Crippen molar-refractivity contribution in [3.63, 3.8) is 0 Å². The van der Waals surface area contributed by atoms with Crippen molar-refractivity contribution >= 4 is 11.6 Å². The first-order valence-corrected chi connectivity index (χ1v) is 7.36. The van der Waals surface area contributed by atoms with Crippen molar-refractivity contribution in [3.05, 3.63) is 48.3 Å². The summed E-state index contributed by atoms with van der Waals surface area (Å²) >= 11 is 0. The van der Waals surface area contributed by atoms with Gasteiger partial charge in [-0.1, -0.05) is 12.1 Å². The molecule has 21 heavy (non-hydrogen) atoms. The summed E-state index contributed by atoms with van der Waals surface area (Å²) in [5.41, 5.74) is 1.98. The summed E-state index contributed by atoms with van der Waals surface area (Å²) in [5.74, 6) is 0.567. The maximum atomic E-state index is 12.0. The number of amides is 1. The number of rotatable bonds is 5. The Morgan fingerprint density at radius 1 is 1.43 bits per heavy atom. The smallest absolute Gasteiger partial charge is 0.224 e. The number of carbonyl (C=O) groups is 1. The summed E-state index contributed by atoms with van der Waals surface area (Å²) in [6.45, 7) is 2.69. The van der Waals surface area contributed by atoms with E-state index in [1.165, 1.54) is 0 Å². The minimum absolute atomic E-state index is 0.0972. The van der Waals surface area contributed by atoms with Crippen LogP contribution in [0.5, 0.6) is 0 Å². The summed E-state index contributed by atoms with van der Waals surface area (Å²) in [7, 11) is 0. The van der Waals surface area contributed by atoms with Gasteiger partial charge in [-0.25, -0.2) is 0 Å². The number of carbonyl (C=O) groups excluding carboxylic acids is 1. The van der Waals surface area contributed by atoms with Crippen molar-refractivity contribution in [1.82, 2.24) is 15.1 Å². The van der Waals surface area contributed by atoms with Gasteiger partial charge in [-0.15, -0.1) is 0 Å². The van der Waals surface area contributed by atoms with Crippen LogP contribution >= 0.6 is 0 Å². The third-order valence-corrected chi connectivity index (χ3v) is 3.75. The number of hydrogen-bond donors (Lipinski definition) is 2. The zero-order chi connectivity index (χ0) is 14.5. The van der Waals surface area contributed by atoms with E-state index in [0.717, 1.165) is 30.8 Å². The first-order chi connectivity index (χ1) is 10.3. The van der Waals surface area contributed by atoms with E-state index in [-0.39, 0.29) is 5.91 Å². The van der Waals surface area contributed by atoms with E-state index in [1.54, 1.807) is 6.20 Å². The van der Waals surface area contributed by atoms with Crippen molar-refractivity contribution in [2.45, 2.75) is 19.4 Å². The van der Waals surface area contributed by atoms with Gasteiger partial charge in [-0.2, -0.15) is 5.10 Å². The van der Waals surface area contributed by atoms with Crippen molar-refractivity contribution in [2.24, 2.45) is 5.92 Å². The van der Waals surface area contributed by atoms with Crippen LogP contribution in [0.3, 0.4) is 0 Å². The lowest BCUT2D eigenvalue weighted by molar-refractivity contribution is -0.116. The number of aromatic nitrogens is 2. The van der Waals surface area contributed by atoms with E-state index in [4.69, 9.17) is 0 Å². The van der Waals surface area contributed by atoms with Crippen LogP contribution in [0.4, 0.5) is 5.69 Å². The van der Waals surface area contributed by atoms with E-state index >= 15 is 0 Å². The van der Waals surface area contributed by atoms with E-state index in [2.05, 4.69) is 15.7 Å². The molecule has 1 aromatic carbocycles. The Labute approximate surface area is 124 Å². The Kier molecular flexibility index (Phi) is 4.31. The van der Waals surface area contributed by atoms with Crippen LogP contribution < -0.4 is 10.6 Å². The second-order valence-electron chi connectivity index (χ2n) is 5.52. The predicted octanol–water partition coefficient (Wildman–Crippen LogP) is 1.87. The van der Waals surface area contributed by atoms with Gasteiger partial charge in [-0.05, 0) is 49.2 Å². The van der Waals surface area contributed by atoms with Crippen LogP contribution in [0.25, 0.3) is 0 Å². The normalized spacial score (nSPS) is 17.8. The second-order valence-corrected chi connectivity index (χ2v) is 5.52. The lowest BCUT2D eigenvalue weighted by Crippen LogP contribution is -2.18. The molecule has 1 aromatic heterocycles. The average Bonchev–Trinajstić information content (AvgIpc) is 3.12. The molecular weight excluding hydrogens is 264 g/mol. The zero-order valence-corrected chi connectivity index (χ0v) is 12.0. The third kappa shape index (κ3) is 3.92. The second kappa shape index (κ2) is 6.54. The van der Waals surface area contributed by atoms with Crippen molar-refractivity contribution in [2.75, 3.05) is 18.4 Å². The minimum atomic E-state index is 0.0972. The van der Waals surface area contributed by atoms with Gasteiger partial charge >= 0.3 is 0 Å². The van der Waals surface area contributed by atoms with Crippen molar-refractivity contribution in [1.29, 1.82) is 0 Å². The fourth-order valence-corrected chi connectivity index (χ4v) is 2.69. The maximum Gasteiger partial charge on any atom is 0.224 e. The third-order valence-electron chi connectivity index (χ3n) is 3.75. The Balaban J connectivity index is 1.58. The van der Waals surface area contributed by atoms with E-state index in [9.17, 15) is 4.79 Å². The monoisotopic (exact) mass is 284 g/mol. The number of nitrogens with zero attached hydrogens (tertiary/aromatic N) is 2. The molecule has 1 unspecified atom stereocenters. The number of hydrogen-bond acceptors (Lipinski definition) is 3. The van der Waals surface area contributed by atoms with Gasteiger partial charge < -0.3 is 10.6 Å². The Hall–Kier alpha value is -2.14. The quantitative estimate of drug-likeness (QED) is 0.881. The summed E-state index contributed by atoms with van der Waals surface area (Å²) in [6, 6.07) is 9.84. The number of anilines is 1. The molecule has 2 aromatic rings. The van der Waals surface area contributed by atoms with Gasteiger partial charge in [0.2, 0.25) is 5.91 Å². The molecule has 3 rings (SSSR count). The first kappa shape index (κ1) is 13.8. The lowest BCUT2D eigenvalue weighted by Gasteiger charge is -2.10. The molecule has 2 N–H and O–H groups in total. The van der Waals surface area contributed by atoms with Gasteiger partial charge in [0.1, 0.15) is 0 Å². The molecule has 1 amide bonds. The summed E-state index contributed by atoms with van der Waals surface area (Å²) in [4.78, 5) is 12.0. The SMILES string of the molecule is O=C(CC1CCNC1)Nc1cccc(Cn2cccn2)c1. The van der Waals surface area contributed by atoms with E-state index in [0.29, 0.717) is 18.9 Å². The van der Waals surface area contributed by atoms with Gasteiger partial charge in [0.05, 0.1) is 6.54 Å². The van der Waals surface area contributed by atoms with Gasteiger partial charge in [0.15, 0.2) is 0 Å². The minimum Gasteiger partial charge on any atom is -0.326 e. The van der Waals surface area contributed by atoms with Crippen molar-refractivity contribution in [3.8, 4) is 0 Å². The molecule has 5 heteroatoms. The highest BCUT2D eigenvalue weighted by molar-refractivity contribution is 5.90. The molecule has 0 spiro atoms. The molecular formula is C16H20N4O. The summed E-state index contributed by atoms with van der Waals surface area (Å²) in [5, 5.41) is 10.5. The highest BCUT2D eigenvalue weighted by Crippen LogP contribution is 2.16. The zero-order valence-electron chi connectivity index (χ0n) is 12.0. The maximum absolute atomic E-state index is 12.0. The van der Waals surface area contributed by atoms with Crippen LogP contribution in [0, 0.1) is 5.92 Å². The van der Waals surface area contributed by atoms with Crippen LogP contribution in [0.1, 0.15) is 18.4 Å². The van der Waals surface area contributed by atoms with E-state index in [1.807, 2.05) is 41.2 Å². The summed E-state index contributed by atoms with van der Waals surface area (Å²) < 4.78 is 1.87. The molecule has 0 aliphatic carbocycles. The van der Waals surface area contributed by atoms with Gasteiger partial charge in [-0.3, -0.25) is 9.48 Å². The summed E-state index contributed by atoms with van der Waals surface area (Å²) in [6.07, 6.45) is 5.38. The Morgan fingerprint density at radius 2 is 2.38 bits per heavy atom. The molecule has 0 bridgehead atoms. The largest absolute Gasteiger partial charge is 0.326 e.